The molecule has 0 aromatic heterocycles. The number of carbonyl (C=O) groups excluding carboxylic acids is 1. The van der Waals surface area contributed by atoms with Gasteiger partial charge in [-0.05, 0) is 49.6 Å². The minimum Gasteiger partial charge on any atom is -0.494 e. The van der Waals surface area contributed by atoms with E-state index in [2.05, 4.69) is 0 Å². The smallest absolute Gasteiger partial charge is 0.389 e. The van der Waals surface area contributed by atoms with Crippen LogP contribution in [0.4, 0.5) is 13.2 Å². The van der Waals surface area contributed by atoms with Crippen molar-refractivity contribution in [2.45, 2.75) is 32.9 Å². The van der Waals surface area contributed by atoms with Crippen LogP contribution in [0.2, 0.25) is 0 Å². The molecule has 0 N–H and O–H groups in total. The van der Waals surface area contributed by atoms with Crippen molar-refractivity contribution in [2.24, 2.45) is 0 Å². The zero-order chi connectivity index (χ0) is 19.2. The van der Waals surface area contributed by atoms with Crippen LogP contribution in [-0.4, -0.2) is 18.6 Å². The zero-order valence-electron chi connectivity index (χ0n) is 14.8. The summed E-state index contributed by atoms with van der Waals surface area (Å²) in [4.78, 5) is 12.3. The van der Waals surface area contributed by atoms with Gasteiger partial charge in [-0.25, -0.2) is 0 Å². The van der Waals surface area contributed by atoms with Gasteiger partial charge in [-0.3, -0.25) is 4.79 Å². The van der Waals surface area contributed by atoms with Gasteiger partial charge in [0.1, 0.15) is 5.75 Å². The van der Waals surface area contributed by atoms with E-state index < -0.39 is 12.6 Å². The van der Waals surface area contributed by atoms with Crippen LogP contribution in [0.1, 0.15) is 41.3 Å². The lowest BCUT2D eigenvalue weighted by Gasteiger charge is -2.09. The van der Waals surface area contributed by atoms with Crippen LogP contribution in [0.3, 0.4) is 0 Å². The first-order valence-electron chi connectivity index (χ1n) is 8.34. The van der Waals surface area contributed by atoms with Crippen molar-refractivity contribution in [3.05, 3.63) is 71.3 Å². The summed E-state index contributed by atoms with van der Waals surface area (Å²) in [5, 5.41) is 0. The minimum atomic E-state index is -4.15. The van der Waals surface area contributed by atoms with Gasteiger partial charge in [-0.2, -0.15) is 13.2 Å². The molecule has 0 aliphatic heterocycles. The Morgan fingerprint density at radius 2 is 1.58 bits per heavy atom. The third-order valence-electron chi connectivity index (χ3n) is 3.87. The Hall–Kier alpha value is -2.56. The van der Waals surface area contributed by atoms with E-state index in [9.17, 15) is 18.0 Å². The molecule has 2 rings (SSSR count). The predicted octanol–water partition coefficient (Wildman–Crippen LogP) is 6.00. The largest absolute Gasteiger partial charge is 0.494 e. The molecule has 0 saturated carbocycles. The molecule has 0 unspecified atom stereocenters. The Kier molecular flexibility index (Phi) is 6.61. The SMILES string of the molecule is CC(=CC(=O)c1ccc(C)cc1)c1ccc(OCCCC(F)(F)F)cc1. The summed E-state index contributed by atoms with van der Waals surface area (Å²) in [6, 6.07) is 14.3. The second-order valence-corrected chi connectivity index (χ2v) is 6.15. The predicted molar refractivity (Wildman–Crippen MR) is 96.4 cm³/mol. The Bertz CT molecular complexity index is 757. The van der Waals surface area contributed by atoms with Crippen molar-refractivity contribution in [3.63, 3.8) is 0 Å². The number of hydrogen-bond donors (Lipinski definition) is 0. The highest BCUT2D eigenvalue weighted by Crippen LogP contribution is 2.22. The Balaban J connectivity index is 1.94. The average molecular weight is 362 g/mol. The van der Waals surface area contributed by atoms with Crippen LogP contribution in [0.25, 0.3) is 5.57 Å². The van der Waals surface area contributed by atoms with E-state index in [0.717, 1.165) is 16.7 Å². The number of alkyl halides is 3. The molecule has 0 fully saturated rings. The van der Waals surface area contributed by atoms with Crippen LogP contribution in [-0.2, 0) is 0 Å². The van der Waals surface area contributed by atoms with Crippen molar-refractivity contribution in [1.82, 2.24) is 0 Å². The van der Waals surface area contributed by atoms with Crippen LogP contribution >= 0.6 is 0 Å². The lowest BCUT2D eigenvalue weighted by Crippen LogP contribution is -2.09. The van der Waals surface area contributed by atoms with Crippen LogP contribution in [0.5, 0.6) is 5.75 Å². The van der Waals surface area contributed by atoms with E-state index in [1.807, 2.05) is 26.0 Å². The molecule has 5 heteroatoms. The molecule has 2 aromatic carbocycles. The summed E-state index contributed by atoms with van der Waals surface area (Å²) in [5.74, 6) is 0.434. The van der Waals surface area contributed by atoms with Crippen LogP contribution in [0, 0.1) is 6.92 Å². The van der Waals surface area contributed by atoms with Gasteiger partial charge in [-0.15, -0.1) is 0 Å². The fourth-order valence-electron chi connectivity index (χ4n) is 2.36. The maximum atomic E-state index is 12.3. The molecule has 0 heterocycles. The third-order valence-corrected chi connectivity index (χ3v) is 3.87. The van der Waals surface area contributed by atoms with Gasteiger partial charge in [0.2, 0.25) is 0 Å². The molecule has 2 aromatic rings. The van der Waals surface area contributed by atoms with Gasteiger partial charge in [0.05, 0.1) is 6.61 Å². The summed E-state index contributed by atoms with van der Waals surface area (Å²) < 4.78 is 41.6. The Labute approximate surface area is 151 Å². The summed E-state index contributed by atoms with van der Waals surface area (Å²) in [6.45, 7) is 3.81. The summed E-state index contributed by atoms with van der Waals surface area (Å²) >= 11 is 0. The fourth-order valence-corrected chi connectivity index (χ4v) is 2.36. The van der Waals surface area contributed by atoms with Gasteiger partial charge >= 0.3 is 6.18 Å². The number of rotatable bonds is 7. The number of aryl methyl sites for hydroxylation is 1. The quantitative estimate of drug-likeness (QED) is 0.343. The first kappa shape index (κ1) is 19.8. The van der Waals surface area contributed by atoms with E-state index in [-0.39, 0.29) is 18.8 Å². The second kappa shape index (κ2) is 8.70. The highest BCUT2D eigenvalue weighted by Gasteiger charge is 2.26. The number of allylic oxidation sites excluding steroid dienone is 2. The zero-order valence-corrected chi connectivity index (χ0v) is 14.8. The molecule has 0 atom stereocenters. The first-order chi connectivity index (χ1) is 12.2. The molecule has 0 amide bonds. The number of ether oxygens (including phenoxy) is 1. The fraction of sp³-hybridized carbons (Fsp3) is 0.286. The highest BCUT2D eigenvalue weighted by molar-refractivity contribution is 6.08. The molecule has 0 saturated heterocycles. The van der Waals surface area contributed by atoms with Crippen molar-refractivity contribution in [2.75, 3.05) is 6.61 Å². The van der Waals surface area contributed by atoms with Crippen molar-refractivity contribution >= 4 is 11.4 Å². The molecule has 0 radical (unpaired) electrons. The number of carbonyl (C=O) groups is 1. The summed E-state index contributed by atoms with van der Waals surface area (Å²) in [5.41, 5.74) is 3.37. The van der Waals surface area contributed by atoms with Crippen molar-refractivity contribution < 1.29 is 22.7 Å². The van der Waals surface area contributed by atoms with E-state index in [0.29, 0.717) is 11.3 Å². The van der Waals surface area contributed by atoms with Crippen LogP contribution < -0.4 is 4.74 Å². The topological polar surface area (TPSA) is 26.3 Å². The molecule has 0 spiro atoms. The molecular weight excluding hydrogens is 341 g/mol. The van der Waals surface area contributed by atoms with Gasteiger partial charge in [0.15, 0.2) is 5.78 Å². The van der Waals surface area contributed by atoms with E-state index in [4.69, 9.17) is 4.74 Å². The highest BCUT2D eigenvalue weighted by atomic mass is 19.4. The van der Waals surface area contributed by atoms with E-state index in [1.54, 1.807) is 42.5 Å². The van der Waals surface area contributed by atoms with Crippen molar-refractivity contribution in [1.29, 1.82) is 0 Å². The molecule has 0 aliphatic rings. The standard InChI is InChI=1S/C21H21F3O2/c1-15-4-6-18(7-5-15)20(25)14-16(2)17-8-10-19(11-9-17)26-13-3-12-21(22,23)24/h4-11,14H,3,12-13H2,1-2H3. The molecule has 138 valence electrons. The average Bonchev–Trinajstić information content (AvgIpc) is 2.59. The maximum absolute atomic E-state index is 12.3. The lowest BCUT2D eigenvalue weighted by atomic mass is 10.0. The van der Waals surface area contributed by atoms with E-state index >= 15 is 0 Å². The second-order valence-electron chi connectivity index (χ2n) is 6.15. The minimum absolute atomic E-state index is 0.0135. The molecular formula is C21H21F3O2. The molecule has 0 bridgehead atoms. The lowest BCUT2D eigenvalue weighted by molar-refractivity contribution is -0.136. The van der Waals surface area contributed by atoms with E-state index in [1.165, 1.54) is 0 Å². The van der Waals surface area contributed by atoms with Gasteiger partial charge in [0.25, 0.3) is 0 Å². The van der Waals surface area contributed by atoms with Gasteiger partial charge in [0, 0.05) is 12.0 Å². The number of hydrogen-bond acceptors (Lipinski definition) is 2. The monoisotopic (exact) mass is 362 g/mol. The first-order valence-corrected chi connectivity index (χ1v) is 8.34. The Morgan fingerprint density at radius 1 is 1.00 bits per heavy atom. The number of halogens is 3. The Morgan fingerprint density at radius 3 is 2.15 bits per heavy atom. The normalized spacial score (nSPS) is 12.1. The van der Waals surface area contributed by atoms with Gasteiger partial charge < -0.3 is 4.74 Å². The summed E-state index contributed by atoms with van der Waals surface area (Å²) in [6.07, 6.45) is -3.51. The molecule has 26 heavy (non-hydrogen) atoms. The number of ketones is 1. The maximum Gasteiger partial charge on any atom is 0.389 e. The van der Waals surface area contributed by atoms with Crippen molar-refractivity contribution in [3.8, 4) is 5.75 Å². The number of benzene rings is 2. The summed E-state index contributed by atoms with van der Waals surface area (Å²) in [7, 11) is 0. The van der Waals surface area contributed by atoms with Crippen LogP contribution in [0.15, 0.2) is 54.6 Å². The molecule has 2 nitrogen and oxygen atoms in total. The molecule has 0 aliphatic carbocycles. The third kappa shape index (κ3) is 6.39. The van der Waals surface area contributed by atoms with Gasteiger partial charge in [-0.1, -0.05) is 42.0 Å².